The van der Waals surface area contributed by atoms with Gasteiger partial charge in [-0.15, -0.1) is 0 Å². The number of nitrogens with zero attached hydrogens (tertiary/aromatic N) is 2. The molecular weight excluding hydrogens is 214 g/mol. The molecule has 17 heavy (non-hydrogen) atoms. The summed E-state index contributed by atoms with van der Waals surface area (Å²) in [5.74, 6) is 2.30. The van der Waals surface area contributed by atoms with Gasteiger partial charge in [-0.2, -0.15) is 0 Å². The van der Waals surface area contributed by atoms with E-state index in [1.807, 2.05) is 0 Å². The molecule has 4 nitrogen and oxygen atoms in total. The van der Waals surface area contributed by atoms with Gasteiger partial charge in [-0.05, 0) is 31.2 Å². The van der Waals surface area contributed by atoms with Crippen LogP contribution in [0.5, 0.6) is 5.88 Å². The van der Waals surface area contributed by atoms with E-state index in [1.54, 1.807) is 19.5 Å². The van der Waals surface area contributed by atoms with Crippen LogP contribution < -0.4 is 10.5 Å². The summed E-state index contributed by atoms with van der Waals surface area (Å²) in [4.78, 5) is 8.70. The highest BCUT2D eigenvalue weighted by Gasteiger charge is 2.32. The zero-order valence-corrected chi connectivity index (χ0v) is 10.6. The number of ether oxygens (including phenoxy) is 1. The zero-order valence-electron chi connectivity index (χ0n) is 10.6. The van der Waals surface area contributed by atoms with Crippen molar-refractivity contribution in [3.05, 3.63) is 18.1 Å². The molecular formula is C13H21N3O. The molecule has 1 fully saturated rings. The minimum atomic E-state index is 0.396. The zero-order chi connectivity index (χ0) is 12.3. The van der Waals surface area contributed by atoms with Gasteiger partial charge in [0.1, 0.15) is 5.69 Å². The van der Waals surface area contributed by atoms with Gasteiger partial charge >= 0.3 is 0 Å². The lowest BCUT2D eigenvalue weighted by Gasteiger charge is -2.34. The molecule has 1 aromatic rings. The fourth-order valence-corrected chi connectivity index (χ4v) is 2.81. The minimum Gasteiger partial charge on any atom is -0.480 e. The van der Waals surface area contributed by atoms with E-state index in [4.69, 9.17) is 10.5 Å². The van der Waals surface area contributed by atoms with Crippen molar-refractivity contribution in [3.8, 4) is 5.88 Å². The van der Waals surface area contributed by atoms with E-state index in [9.17, 15) is 0 Å². The second-order valence-electron chi connectivity index (χ2n) is 4.97. The van der Waals surface area contributed by atoms with Crippen molar-refractivity contribution in [1.82, 2.24) is 9.97 Å². The van der Waals surface area contributed by atoms with Crippen LogP contribution in [0.15, 0.2) is 12.4 Å². The second kappa shape index (κ2) is 5.45. The van der Waals surface area contributed by atoms with Crippen molar-refractivity contribution < 1.29 is 4.74 Å². The smallest absolute Gasteiger partial charge is 0.235 e. The van der Waals surface area contributed by atoms with E-state index in [1.165, 1.54) is 12.8 Å². The highest BCUT2D eigenvalue weighted by Crippen LogP contribution is 2.41. The number of rotatable bonds is 3. The van der Waals surface area contributed by atoms with Gasteiger partial charge in [-0.25, -0.2) is 4.98 Å². The lowest BCUT2D eigenvalue weighted by atomic mass is 9.73. The molecule has 1 heterocycles. The van der Waals surface area contributed by atoms with Gasteiger partial charge in [0.2, 0.25) is 5.88 Å². The van der Waals surface area contributed by atoms with Crippen molar-refractivity contribution in [2.75, 3.05) is 13.7 Å². The summed E-state index contributed by atoms with van der Waals surface area (Å²) < 4.78 is 5.31. The molecule has 0 amide bonds. The van der Waals surface area contributed by atoms with Crippen LogP contribution in [-0.2, 0) is 0 Å². The van der Waals surface area contributed by atoms with Crippen molar-refractivity contribution in [1.29, 1.82) is 0 Å². The summed E-state index contributed by atoms with van der Waals surface area (Å²) in [6.45, 7) is 3.01. The number of nitrogens with two attached hydrogens (primary N) is 1. The first kappa shape index (κ1) is 12.3. The Balaban J connectivity index is 2.28. The van der Waals surface area contributed by atoms with Crippen LogP contribution in [0.2, 0.25) is 0 Å². The number of hydrogen-bond donors (Lipinski definition) is 1. The molecule has 0 aromatic carbocycles. The molecule has 2 rings (SSSR count). The molecule has 0 saturated heterocycles. The highest BCUT2D eigenvalue weighted by atomic mass is 16.5. The van der Waals surface area contributed by atoms with Gasteiger partial charge in [-0.1, -0.05) is 13.3 Å². The molecule has 2 N–H and O–H groups in total. The van der Waals surface area contributed by atoms with E-state index < -0.39 is 0 Å². The van der Waals surface area contributed by atoms with E-state index in [2.05, 4.69) is 16.9 Å². The Labute approximate surface area is 103 Å². The monoisotopic (exact) mass is 235 g/mol. The normalized spacial score (nSPS) is 29.0. The van der Waals surface area contributed by atoms with Gasteiger partial charge in [0.25, 0.3) is 0 Å². The van der Waals surface area contributed by atoms with E-state index in [-0.39, 0.29) is 0 Å². The van der Waals surface area contributed by atoms with Crippen LogP contribution in [0.3, 0.4) is 0 Å². The van der Waals surface area contributed by atoms with E-state index in [0.717, 1.165) is 24.6 Å². The topological polar surface area (TPSA) is 61.0 Å². The minimum absolute atomic E-state index is 0.396. The predicted molar refractivity (Wildman–Crippen MR) is 66.9 cm³/mol. The average Bonchev–Trinajstić information content (AvgIpc) is 2.38. The summed E-state index contributed by atoms with van der Waals surface area (Å²) in [5, 5.41) is 0. The third-order valence-electron chi connectivity index (χ3n) is 3.79. The van der Waals surface area contributed by atoms with Crippen LogP contribution in [0.25, 0.3) is 0 Å². The number of aromatic nitrogens is 2. The summed E-state index contributed by atoms with van der Waals surface area (Å²) in [7, 11) is 1.65. The second-order valence-corrected chi connectivity index (χ2v) is 4.97. The maximum atomic E-state index is 5.88. The Morgan fingerprint density at radius 3 is 2.82 bits per heavy atom. The first-order valence-corrected chi connectivity index (χ1v) is 6.31. The number of methoxy groups -OCH3 is 1. The summed E-state index contributed by atoms with van der Waals surface area (Å²) in [6.07, 6.45) is 7.00. The molecule has 3 atom stereocenters. The van der Waals surface area contributed by atoms with Gasteiger partial charge in [0.15, 0.2) is 0 Å². The Bertz CT molecular complexity index is 369. The van der Waals surface area contributed by atoms with E-state index in [0.29, 0.717) is 17.7 Å². The molecule has 1 aliphatic rings. The summed E-state index contributed by atoms with van der Waals surface area (Å²) >= 11 is 0. The molecule has 4 heteroatoms. The molecule has 94 valence electrons. The quantitative estimate of drug-likeness (QED) is 0.870. The maximum Gasteiger partial charge on any atom is 0.235 e. The lowest BCUT2D eigenvalue weighted by molar-refractivity contribution is 0.243. The first-order valence-electron chi connectivity index (χ1n) is 6.31. The van der Waals surface area contributed by atoms with Crippen molar-refractivity contribution in [3.63, 3.8) is 0 Å². The van der Waals surface area contributed by atoms with Crippen LogP contribution in [0, 0.1) is 11.8 Å². The first-order chi connectivity index (χ1) is 8.26. The Kier molecular flexibility index (Phi) is 3.94. The fourth-order valence-electron chi connectivity index (χ4n) is 2.81. The van der Waals surface area contributed by atoms with Crippen LogP contribution in [-0.4, -0.2) is 23.6 Å². The third kappa shape index (κ3) is 2.57. The van der Waals surface area contributed by atoms with E-state index >= 15 is 0 Å². The van der Waals surface area contributed by atoms with Gasteiger partial charge in [0, 0.05) is 18.3 Å². The van der Waals surface area contributed by atoms with Crippen molar-refractivity contribution in [2.45, 2.75) is 32.1 Å². The predicted octanol–water partition coefficient (Wildman–Crippen LogP) is 1.96. The molecule has 0 radical (unpaired) electrons. The van der Waals surface area contributed by atoms with Crippen LogP contribution >= 0.6 is 0 Å². The molecule has 1 saturated carbocycles. The summed E-state index contributed by atoms with van der Waals surface area (Å²) in [6, 6.07) is 0. The van der Waals surface area contributed by atoms with Gasteiger partial charge in [0.05, 0.1) is 7.11 Å². The van der Waals surface area contributed by atoms with Gasteiger partial charge < -0.3 is 10.5 Å². The SMILES string of the molecule is COc1nccnc1C1CC(C)CCC1CN. The molecule has 0 bridgehead atoms. The molecule has 1 aromatic heterocycles. The Morgan fingerprint density at radius 1 is 1.35 bits per heavy atom. The lowest BCUT2D eigenvalue weighted by Crippen LogP contribution is -2.29. The highest BCUT2D eigenvalue weighted by molar-refractivity contribution is 5.23. The van der Waals surface area contributed by atoms with Crippen molar-refractivity contribution in [2.24, 2.45) is 17.6 Å². The van der Waals surface area contributed by atoms with Crippen molar-refractivity contribution >= 4 is 0 Å². The third-order valence-corrected chi connectivity index (χ3v) is 3.79. The van der Waals surface area contributed by atoms with Crippen LogP contribution in [0.4, 0.5) is 0 Å². The van der Waals surface area contributed by atoms with Crippen LogP contribution in [0.1, 0.15) is 37.8 Å². The molecule has 0 aliphatic heterocycles. The summed E-state index contributed by atoms with van der Waals surface area (Å²) in [5.41, 5.74) is 6.86. The molecule has 1 aliphatic carbocycles. The maximum absolute atomic E-state index is 5.88. The largest absolute Gasteiger partial charge is 0.480 e. The Hall–Kier alpha value is -1.16. The average molecular weight is 235 g/mol. The standard InChI is InChI=1S/C13H21N3O/c1-9-3-4-10(8-14)11(7-9)12-13(17-2)16-6-5-15-12/h5-6,9-11H,3-4,7-8,14H2,1-2H3. The molecule has 3 unspecified atom stereocenters. The Morgan fingerprint density at radius 2 is 2.12 bits per heavy atom. The van der Waals surface area contributed by atoms with Gasteiger partial charge in [-0.3, -0.25) is 4.98 Å². The fraction of sp³-hybridized carbons (Fsp3) is 0.692. The number of hydrogen-bond acceptors (Lipinski definition) is 4. The molecule has 0 spiro atoms.